The average Bonchev–Trinajstić information content (AvgIpc) is 2.76. The number of ether oxygens (including phenoxy) is 2. The molecule has 1 aromatic heterocycles. The minimum atomic E-state index is -4.79. The fourth-order valence-electron chi connectivity index (χ4n) is 4.77. The summed E-state index contributed by atoms with van der Waals surface area (Å²) >= 11 is 0. The van der Waals surface area contributed by atoms with Crippen molar-refractivity contribution < 1.29 is 27.8 Å². The van der Waals surface area contributed by atoms with Gasteiger partial charge < -0.3 is 14.6 Å². The van der Waals surface area contributed by atoms with Crippen molar-refractivity contribution in [3.63, 3.8) is 0 Å². The number of aliphatic hydroxyl groups is 1. The van der Waals surface area contributed by atoms with E-state index >= 15 is 0 Å². The minimum absolute atomic E-state index is 0.0738. The van der Waals surface area contributed by atoms with Crippen LogP contribution in [-0.2, 0) is 11.8 Å². The summed E-state index contributed by atoms with van der Waals surface area (Å²) in [6, 6.07) is 14.2. The second-order valence-corrected chi connectivity index (χ2v) is 8.69. The monoisotopic (exact) mass is 445 g/mol. The molecule has 3 aromatic rings. The molecule has 4 rings (SSSR count). The highest BCUT2D eigenvalue weighted by Gasteiger charge is 2.57. The third kappa shape index (κ3) is 4.01. The quantitative estimate of drug-likeness (QED) is 0.537. The molecule has 0 saturated heterocycles. The molecule has 2 atom stereocenters. The molecule has 0 aliphatic carbocycles. The maximum Gasteiger partial charge on any atom is 0.417 e. The van der Waals surface area contributed by atoms with Crippen LogP contribution in [0.2, 0.25) is 0 Å². The van der Waals surface area contributed by atoms with E-state index in [1.807, 2.05) is 24.3 Å². The van der Waals surface area contributed by atoms with E-state index in [-0.39, 0.29) is 13.0 Å². The lowest BCUT2D eigenvalue weighted by molar-refractivity contribution is -0.270. The van der Waals surface area contributed by atoms with Gasteiger partial charge in [0.1, 0.15) is 11.5 Å². The molecule has 2 unspecified atom stereocenters. The summed E-state index contributed by atoms with van der Waals surface area (Å²) in [5.74, 6) is 0.970. The molecule has 0 radical (unpaired) electrons. The minimum Gasteiger partial charge on any atom is -0.496 e. The zero-order valence-corrected chi connectivity index (χ0v) is 18.1. The van der Waals surface area contributed by atoms with Crippen molar-refractivity contribution in [2.24, 2.45) is 0 Å². The highest BCUT2D eigenvalue weighted by molar-refractivity contribution is 5.81. The maximum absolute atomic E-state index is 14.3. The van der Waals surface area contributed by atoms with Gasteiger partial charge in [0.25, 0.3) is 0 Å². The van der Waals surface area contributed by atoms with Crippen LogP contribution in [-0.4, -0.2) is 35.6 Å². The number of alkyl halides is 3. The standard InChI is InChI=1S/C25H26F3NO3/c1-23(13-15-32-21-9-5-8-20(31-2)22(21)23)16-24(30,25(26,27)28)12-10-17-11-14-29-19-7-4-3-6-18(17)19/h3-9,11,14,30H,10,12-13,15-16H2,1-2H3. The first kappa shape index (κ1) is 22.4. The van der Waals surface area contributed by atoms with E-state index in [1.165, 1.54) is 7.11 Å². The van der Waals surface area contributed by atoms with Gasteiger partial charge in [0, 0.05) is 22.6 Å². The van der Waals surface area contributed by atoms with E-state index in [1.54, 1.807) is 37.4 Å². The molecule has 0 bridgehead atoms. The molecule has 170 valence electrons. The normalized spacial score (nSPS) is 20.3. The first-order valence-corrected chi connectivity index (χ1v) is 10.6. The van der Waals surface area contributed by atoms with E-state index in [0.717, 1.165) is 16.5 Å². The number of nitrogens with zero attached hydrogens (tertiary/aromatic N) is 1. The van der Waals surface area contributed by atoms with Gasteiger partial charge >= 0.3 is 6.18 Å². The predicted octanol–water partition coefficient (Wildman–Crippen LogP) is 5.60. The molecule has 4 nitrogen and oxygen atoms in total. The number of halogens is 3. The van der Waals surface area contributed by atoms with Crippen LogP contribution in [0.1, 0.15) is 37.3 Å². The largest absolute Gasteiger partial charge is 0.496 e. The van der Waals surface area contributed by atoms with Gasteiger partial charge in [-0.25, -0.2) is 0 Å². The number of methoxy groups -OCH3 is 1. The van der Waals surface area contributed by atoms with Crippen molar-refractivity contribution >= 4 is 10.9 Å². The van der Waals surface area contributed by atoms with Gasteiger partial charge in [-0.15, -0.1) is 0 Å². The first-order valence-electron chi connectivity index (χ1n) is 10.6. The Morgan fingerprint density at radius 1 is 1.12 bits per heavy atom. The summed E-state index contributed by atoms with van der Waals surface area (Å²) in [7, 11) is 1.48. The number of hydrogen-bond donors (Lipinski definition) is 1. The average molecular weight is 445 g/mol. The van der Waals surface area contributed by atoms with Crippen LogP contribution in [0.25, 0.3) is 10.9 Å². The number of hydrogen-bond acceptors (Lipinski definition) is 4. The number of aryl methyl sites for hydroxylation is 1. The van der Waals surface area contributed by atoms with E-state index in [0.29, 0.717) is 23.5 Å². The Morgan fingerprint density at radius 2 is 1.91 bits per heavy atom. The van der Waals surface area contributed by atoms with Gasteiger partial charge in [-0.2, -0.15) is 13.2 Å². The summed E-state index contributed by atoms with van der Waals surface area (Å²) in [6.45, 7) is 2.02. The van der Waals surface area contributed by atoms with Crippen molar-refractivity contribution in [2.75, 3.05) is 13.7 Å². The third-order valence-corrected chi connectivity index (χ3v) is 6.48. The zero-order valence-electron chi connectivity index (χ0n) is 18.1. The Morgan fingerprint density at radius 3 is 2.66 bits per heavy atom. The Bertz CT molecular complexity index is 1100. The number of pyridine rings is 1. The molecule has 0 spiro atoms. The number of fused-ring (bicyclic) bond motifs is 2. The van der Waals surface area contributed by atoms with Crippen LogP contribution in [0.5, 0.6) is 11.5 Å². The Hall–Kier alpha value is -2.80. The highest BCUT2D eigenvalue weighted by atomic mass is 19.4. The number of benzene rings is 2. The van der Waals surface area contributed by atoms with Gasteiger partial charge in [0.2, 0.25) is 0 Å². The van der Waals surface area contributed by atoms with Crippen LogP contribution in [0.3, 0.4) is 0 Å². The molecule has 2 aromatic carbocycles. The molecule has 1 aliphatic heterocycles. The highest BCUT2D eigenvalue weighted by Crippen LogP contribution is 2.51. The topological polar surface area (TPSA) is 51.6 Å². The van der Waals surface area contributed by atoms with Crippen LogP contribution in [0.4, 0.5) is 13.2 Å². The molecule has 1 N–H and O–H groups in total. The van der Waals surface area contributed by atoms with Crippen LogP contribution < -0.4 is 9.47 Å². The Labute approximate surface area is 185 Å². The summed E-state index contributed by atoms with van der Waals surface area (Å²) in [5, 5.41) is 11.9. The SMILES string of the molecule is COc1cccc2c1C(C)(CC(O)(CCc1ccnc3ccccc13)C(F)(F)F)CCO2. The molecule has 2 heterocycles. The van der Waals surface area contributed by atoms with E-state index in [4.69, 9.17) is 9.47 Å². The first-order chi connectivity index (χ1) is 15.2. The van der Waals surface area contributed by atoms with Gasteiger partial charge in [0.15, 0.2) is 5.60 Å². The Balaban J connectivity index is 1.68. The third-order valence-electron chi connectivity index (χ3n) is 6.48. The van der Waals surface area contributed by atoms with Crippen LogP contribution >= 0.6 is 0 Å². The van der Waals surface area contributed by atoms with Gasteiger partial charge in [-0.05, 0) is 55.5 Å². The Kier molecular flexibility index (Phi) is 5.79. The van der Waals surface area contributed by atoms with Gasteiger partial charge in [-0.3, -0.25) is 4.98 Å². The van der Waals surface area contributed by atoms with Gasteiger partial charge in [-0.1, -0.05) is 31.2 Å². The molecular weight excluding hydrogens is 419 g/mol. The van der Waals surface area contributed by atoms with Crippen LogP contribution in [0, 0.1) is 0 Å². The molecular formula is C25H26F3NO3. The van der Waals surface area contributed by atoms with Gasteiger partial charge in [0.05, 0.1) is 19.2 Å². The fraction of sp³-hybridized carbons (Fsp3) is 0.400. The van der Waals surface area contributed by atoms with Crippen molar-refractivity contribution in [3.05, 3.63) is 65.9 Å². The molecule has 0 amide bonds. The predicted molar refractivity (Wildman–Crippen MR) is 116 cm³/mol. The lowest BCUT2D eigenvalue weighted by Crippen LogP contribution is -2.51. The molecule has 0 saturated carbocycles. The smallest absolute Gasteiger partial charge is 0.417 e. The van der Waals surface area contributed by atoms with Crippen molar-refractivity contribution in [1.29, 1.82) is 0 Å². The summed E-state index contributed by atoms with van der Waals surface area (Å²) in [6.07, 6.45) is -3.72. The van der Waals surface area contributed by atoms with Crippen molar-refractivity contribution in [3.8, 4) is 11.5 Å². The van der Waals surface area contributed by atoms with Crippen molar-refractivity contribution in [1.82, 2.24) is 4.98 Å². The second kappa shape index (κ2) is 8.28. The molecule has 32 heavy (non-hydrogen) atoms. The summed E-state index contributed by atoms with van der Waals surface area (Å²) < 4.78 is 54.0. The summed E-state index contributed by atoms with van der Waals surface area (Å²) in [4.78, 5) is 4.27. The maximum atomic E-state index is 14.3. The second-order valence-electron chi connectivity index (χ2n) is 8.69. The van der Waals surface area contributed by atoms with Crippen LogP contribution in [0.15, 0.2) is 54.7 Å². The van der Waals surface area contributed by atoms with E-state index < -0.39 is 30.0 Å². The molecule has 0 fully saturated rings. The molecule has 7 heteroatoms. The zero-order chi connectivity index (χ0) is 23.0. The van der Waals surface area contributed by atoms with E-state index in [2.05, 4.69) is 4.98 Å². The number of para-hydroxylation sites is 1. The molecule has 1 aliphatic rings. The lowest BCUT2D eigenvalue weighted by atomic mass is 9.68. The lowest BCUT2D eigenvalue weighted by Gasteiger charge is -2.43. The van der Waals surface area contributed by atoms with Crippen molar-refractivity contribution in [2.45, 2.75) is 49.8 Å². The summed E-state index contributed by atoms with van der Waals surface area (Å²) in [5.41, 5.74) is -1.82. The fourth-order valence-corrected chi connectivity index (χ4v) is 4.77. The number of aromatic nitrogens is 1. The van der Waals surface area contributed by atoms with E-state index in [9.17, 15) is 18.3 Å². The number of rotatable bonds is 6.